The summed E-state index contributed by atoms with van der Waals surface area (Å²) in [4.78, 5) is 15.5. The standard InChI is InChI=1S/C23H27N3O6S2/c1-5-8-9-14-32-21-11-10-17(26(33(28,29)6-2)34(30,31)7-3)15-19(21)20-16-25(4)23(27)22-18(20)12-13-24-22/h5,8-13,15-16,24H,1,6-7,14H2,2-4H3/b9-8-. The number of rotatable bonds is 10. The molecule has 0 radical (unpaired) electrons. The molecule has 9 nitrogen and oxygen atoms in total. The molecule has 0 saturated carbocycles. The third kappa shape index (κ3) is 4.80. The van der Waals surface area contributed by atoms with Crippen molar-refractivity contribution in [3.8, 4) is 16.9 Å². The van der Waals surface area contributed by atoms with Crippen LogP contribution in [0.2, 0.25) is 0 Å². The van der Waals surface area contributed by atoms with Gasteiger partial charge in [0.2, 0.25) is 20.0 Å². The van der Waals surface area contributed by atoms with E-state index in [1.54, 1.807) is 43.7 Å². The number of aromatic amines is 1. The van der Waals surface area contributed by atoms with Crippen LogP contribution in [-0.2, 0) is 27.1 Å². The first-order chi connectivity index (χ1) is 16.1. The molecule has 0 spiro atoms. The molecule has 3 rings (SSSR count). The first kappa shape index (κ1) is 25.3. The van der Waals surface area contributed by atoms with Gasteiger partial charge < -0.3 is 14.3 Å². The van der Waals surface area contributed by atoms with E-state index in [0.717, 1.165) is 0 Å². The van der Waals surface area contributed by atoms with Crippen LogP contribution in [0.3, 0.4) is 0 Å². The molecule has 2 heterocycles. The summed E-state index contributed by atoms with van der Waals surface area (Å²) in [7, 11) is -6.69. The number of aryl methyl sites for hydroxylation is 1. The van der Waals surface area contributed by atoms with E-state index in [1.165, 1.54) is 36.6 Å². The van der Waals surface area contributed by atoms with E-state index >= 15 is 0 Å². The van der Waals surface area contributed by atoms with Crippen LogP contribution < -0.4 is 14.0 Å². The van der Waals surface area contributed by atoms with Gasteiger partial charge in [0.1, 0.15) is 17.9 Å². The number of allylic oxidation sites excluding steroid dienone is 2. The first-order valence-corrected chi connectivity index (χ1v) is 13.8. The van der Waals surface area contributed by atoms with Gasteiger partial charge in [-0.2, -0.15) is 3.71 Å². The van der Waals surface area contributed by atoms with Gasteiger partial charge in [-0.25, -0.2) is 16.8 Å². The van der Waals surface area contributed by atoms with Crippen LogP contribution in [0.15, 0.2) is 66.3 Å². The quantitative estimate of drug-likeness (QED) is 0.423. The van der Waals surface area contributed by atoms with Crippen molar-refractivity contribution in [2.45, 2.75) is 13.8 Å². The molecule has 0 aliphatic rings. The van der Waals surface area contributed by atoms with E-state index in [0.29, 0.717) is 31.5 Å². The van der Waals surface area contributed by atoms with Gasteiger partial charge in [-0.3, -0.25) is 4.79 Å². The van der Waals surface area contributed by atoms with E-state index in [9.17, 15) is 21.6 Å². The third-order valence-electron chi connectivity index (χ3n) is 5.20. The van der Waals surface area contributed by atoms with Gasteiger partial charge in [0.05, 0.1) is 17.2 Å². The summed E-state index contributed by atoms with van der Waals surface area (Å²) >= 11 is 0. The van der Waals surface area contributed by atoms with Crippen molar-refractivity contribution in [3.63, 3.8) is 0 Å². The Morgan fingerprint density at radius 3 is 2.38 bits per heavy atom. The maximum Gasteiger partial charge on any atom is 0.274 e. The molecule has 1 N–H and O–H groups in total. The fraction of sp³-hybridized carbons (Fsp3) is 0.261. The predicted molar refractivity (Wildman–Crippen MR) is 135 cm³/mol. The molecule has 1 aromatic carbocycles. The Bertz CT molecular complexity index is 1480. The average Bonchev–Trinajstić information content (AvgIpc) is 3.30. The maximum atomic E-state index is 12.8. The molecule has 0 unspecified atom stereocenters. The van der Waals surface area contributed by atoms with Crippen LogP contribution in [0.25, 0.3) is 22.0 Å². The zero-order valence-corrected chi connectivity index (χ0v) is 20.8. The minimum atomic E-state index is -4.14. The molecule has 3 aromatic rings. The number of pyridine rings is 1. The van der Waals surface area contributed by atoms with Gasteiger partial charge in [-0.15, -0.1) is 0 Å². The minimum Gasteiger partial charge on any atom is -0.489 e. The molecule has 34 heavy (non-hydrogen) atoms. The number of ether oxygens (including phenoxy) is 1. The highest BCUT2D eigenvalue weighted by atomic mass is 32.3. The van der Waals surface area contributed by atoms with Crippen molar-refractivity contribution >= 4 is 36.6 Å². The molecule has 0 atom stereocenters. The minimum absolute atomic E-state index is 0.0368. The Morgan fingerprint density at radius 2 is 1.76 bits per heavy atom. The van der Waals surface area contributed by atoms with Crippen LogP contribution >= 0.6 is 0 Å². The number of anilines is 1. The Kier molecular flexibility index (Phi) is 7.37. The van der Waals surface area contributed by atoms with E-state index in [1.807, 2.05) is 0 Å². The highest BCUT2D eigenvalue weighted by molar-refractivity contribution is 8.10. The molecule has 2 aromatic heterocycles. The first-order valence-electron chi connectivity index (χ1n) is 10.5. The number of sulfonamides is 2. The topological polar surface area (TPSA) is 119 Å². The van der Waals surface area contributed by atoms with Gasteiger partial charge in [0.25, 0.3) is 5.56 Å². The van der Waals surface area contributed by atoms with Crippen LogP contribution in [-0.4, -0.2) is 44.5 Å². The Balaban J connectivity index is 2.33. The molecule has 0 amide bonds. The summed E-state index contributed by atoms with van der Waals surface area (Å²) in [6.45, 7) is 6.58. The van der Waals surface area contributed by atoms with Crippen LogP contribution in [0, 0.1) is 0 Å². The average molecular weight is 506 g/mol. The lowest BCUT2D eigenvalue weighted by Gasteiger charge is -2.24. The lowest BCUT2D eigenvalue weighted by molar-refractivity contribution is 0.364. The van der Waals surface area contributed by atoms with Gasteiger partial charge in [-0.05, 0) is 44.2 Å². The molecule has 11 heteroatoms. The summed E-state index contributed by atoms with van der Waals surface area (Å²) in [5.74, 6) is -0.399. The van der Waals surface area contributed by atoms with Gasteiger partial charge in [-0.1, -0.05) is 18.7 Å². The van der Waals surface area contributed by atoms with E-state index in [4.69, 9.17) is 4.74 Å². The third-order valence-corrected chi connectivity index (χ3v) is 9.45. The zero-order chi connectivity index (χ0) is 25.1. The predicted octanol–water partition coefficient (Wildman–Crippen LogP) is 3.16. The van der Waals surface area contributed by atoms with Gasteiger partial charge in [0, 0.05) is 36.0 Å². The number of aromatic nitrogens is 2. The smallest absolute Gasteiger partial charge is 0.274 e. The summed E-state index contributed by atoms with van der Waals surface area (Å²) < 4.78 is 59.0. The number of nitrogens with one attached hydrogen (secondary N) is 1. The van der Waals surface area contributed by atoms with Crippen molar-refractivity contribution in [3.05, 3.63) is 71.8 Å². The monoisotopic (exact) mass is 505 g/mol. The lowest BCUT2D eigenvalue weighted by atomic mass is 10.0. The van der Waals surface area contributed by atoms with Crippen molar-refractivity contribution in [1.29, 1.82) is 0 Å². The number of fused-ring (bicyclic) bond motifs is 1. The largest absolute Gasteiger partial charge is 0.489 e. The molecule has 182 valence electrons. The van der Waals surface area contributed by atoms with Crippen molar-refractivity contribution < 1.29 is 21.6 Å². The number of hydrogen-bond donors (Lipinski definition) is 1. The normalized spacial score (nSPS) is 12.3. The molecule has 0 aliphatic carbocycles. The molecule has 0 bridgehead atoms. The van der Waals surface area contributed by atoms with Crippen molar-refractivity contribution in [2.24, 2.45) is 7.05 Å². The van der Waals surface area contributed by atoms with Crippen LogP contribution in [0.1, 0.15) is 13.8 Å². The van der Waals surface area contributed by atoms with Crippen LogP contribution in [0.4, 0.5) is 5.69 Å². The Labute approximate surface area is 199 Å². The lowest BCUT2D eigenvalue weighted by Crippen LogP contribution is -2.39. The molecular formula is C23H27N3O6S2. The SMILES string of the molecule is C=C/C=C\COc1ccc(N(S(=O)(=O)CC)S(=O)(=O)CC)cc1-c1cn(C)c(=O)c2[nH]ccc12. The van der Waals surface area contributed by atoms with Crippen molar-refractivity contribution in [1.82, 2.24) is 9.55 Å². The molecule has 0 saturated heterocycles. The Hall–Kier alpha value is -3.31. The highest BCUT2D eigenvalue weighted by Gasteiger charge is 2.32. The number of benzene rings is 1. The fourth-order valence-electron chi connectivity index (χ4n) is 3.47. The number of hydrogen-bond acceptors (Lipinski definition) is 6. The second-order valence-corrected chi connectivity index (χ2v) is 11.8. The van der Waals surface area contributed by atoms with Gasteiger partial charge >= 0.3 is 0 Å². The Morgan fingerprint density at radius 1 is 1.09 bits per heavy atom. The zero-order valence-electron chi connectivity index (χ0n) is 19.2. The summed E-state index contributed by atoms with van der Waals surface area (Å²) in [6, 6.07) is 6.11. The fourth-order valence-corrected chi connectivity index (χ4v) is 6.83. The number of H-pyrrole nitrogens is 1. The second-order valence-electron chi connectivity index (χ2n) is 7.38. The molecular weight excluding hydrogens is 478 g/mol. The van der Waals surface area contributed by atoms with E-state index in [2.05, 4.69) is 11.6 Å². The van der Waals surface area contributed by atoms with Crippen LogP contribution in [0.5, 0.6) is 5.75 Å². The van der Waals surface area contributed by atoms with Gasteiger partial charge in [0.15, 0.2) is 0 Å². The summed E-state index contributed by atoms with van der Waals surface area (Å²) in [5.41, 5.74) is 1.10. The van der Waals surface area contributed by atoms with E-state index < -0.39 is 31.6 Å². The summed E-state index contributed by atoms with van der Waals surface area (Å²) in [5, 5.41) is 0.593. The number of nitrogens with zero attached hydrogens (tertiary/aromatic N) is 2. The van der Waals surface area contributed by atoms with Crippen molar-refractivity contribution in [2.75, 3.05) is 21.8 Å². The summed E-state index contributed by atoms with van der Waals surface area (Å²) in [6.07, 6.45) is 8.30. The maximum absolute atomic E-state index is 12.8. The van der Waals surface area contributed by atoms with E-state index in [-0.39, 0.29) is 17.9 Å². The molecule has 0 aliphatic heterocycles. The molecule has 0 fully saturated rings. The second kappa shape index (κ2) is 9.90. The highest BCUT2D eigenvalue weighted by Crippen LogP contribution is 2.38.